The Hall–Kier alpha value is -3.95. The van der Waals surface area contributed by atoms with Gasteiger partial charge in [0.2, 0.25) is 11.8 Å². The molecule has 2 amide bonds. The molecule has 43 heavy (non-hydrogen) atoms. The quantitative estimate of drug-likeness (QED) is 0.201. The van der Waals surface area contributed by atoms with Crippen molar-refractivity contribution < 1.29 is 18.0 Å². The van der Waals surface area contributed by atoms with Crippen LogP contribution < -0.4 is 9.62 Å². The summed E-state index contributed by atoms with van der Waals surface area (Å²) in [5.41, 5.74) is 3.98. The Kier molecular flexibility index (Phi) is 10.8. The maximum Gasteiger partial charge on any atom is 0.264 e. The highest BCUT2D eigenvalue weighted by molar-refractivity contribution is 9.10. The van der Waals surface area contributed by atoms with Crippen LogP contribution in [0.1, 0.15) is 29.2 Å². The topological polar surface area (TPSA) is 86.8 Å². The molecule has 1 atom stereocenters. The van der Waals surface area contributed by atoms with E-state index in [1.54, 1.807) is 48.5 Å². The van der Waals surface area contributed by atoms with Gasteiger partial charge in [0.25, 0.3) is 10.0 Å². The Morgan fingerprint density at radius 1 is 0.837 bits per heavy atom. The van der Waals surface area contributed by atoms with E-state index in [2.05, 4.69) is 21.2 Å². The second-order valence-electron chi connectivity index (χ2n) is 10.3. The molecule has 1 N–H and O–H groups in total. The fourth-order valence-corrected chi connectivity index (χ4v) is 6.47. The number of nitrogens with one attached hydrogen (secondary N) is 1. The van der Waals surface area contributed by atoms with Crippen LogP contribution in [-0.4, -0.2) is 44.3 Å². The lowest BCUT2D eigenvalue weighted by atomic mass is 10.0. The van der Waals surface area contributed by atoms with Crippen LogP contribution in [0, 0.1) is 13.8 Å². The first-order valence-corrected chi connectivity index (χ1v) is 16.3. The average Bonchev–Trinajstić information content (AvgIpc) is 3.00. The number of sulfonamides is 1. The minimum absolute atomic E-state index is 0.0730. The maximum atomic E-state index is 14.4. The van der Waals surface area contributed by atoms with Gasteiger partial charge in [-0.25, -0.2) is 8.42 Å². The molecule has 0 saturated carbocycles. The van der Waals surface area contributed by atoms with Crippen molar-refractivity contribution in [2.75, 3.05) is 17.4 Å². The molecule has 7 nitrogen and oxygen atoms in total. The molecule has 0 aromatic heterocycles. The molecule has 0 aliphatic heterocycles. The number of halogens is 1. The second kappa shape index (κ2) is 14.5. The van der Waals surface area contributed by atoms with E-state index in [0.29, 0.717) is 12.2 Å². The minimum atomic E-state index is -4.14. The van der Waals surface area contributed by atoms with Crippen molar-refractivity contribution in [3.63, 3.8) is 0 Å². The summed E-state index contributed by atoms with van der Waals surface area (Å²) < 4.78 is 30.0. The van der Waals surface area contributed by atoms with Gasteiger partial charge in [-0.15, -0.1) is 0 Å². The predicted molar refractivity (Wildman–Crippen MR) is 174 cm³/mol. The maximum absolute atomic E-state index is 14.4. The molecule has 0 spiro atoms. The van der Waals surface area contributed by atoms with Crippen LogP contribution in [0.4, 0.5) is 5.69 Å². The van der Waals surface area contributed by atoms with Gasteiger partial charge in [-0.3, -0.25) is 13.9 Å². The molecule has 0 bridgehead atoms. The van der Waals surface area contributed by atoms with Crippen molar-refractivity contribution in [1.82, 2.24) is 10.2 Å². The van der Waals surface area contributed by atoms with Gasteiger partial charge in [0.1, 0.15) is 12.6 Å². The summed E-state index contributed by atoms with van der Waals surface area (Å²) in [4.78, 5) is 29.6. The summed E-state index contributed by atoms with van der Waals surface area (Å²) >= 11 is 3.41. The van der Waals surface area contributed by atoms with Gasteiger partial charge in [-0.1, -0.05) is 88.2 Å². The summed E-state index contributed by atoms with van der Waals surface area (Å²) in [5.74, 6) is -0.793. The fourth-order valence-electron chi connectivity index (χ4n) is 4.79. The summed E-state index contributed by atoms with van der Waals surface area (Å²) in [6.45, 7) is 5.70. The molecule has 4 aromatic rings. The van der Waals surface area contributed by atoms with E-state index in [1.165, 1.54) is 4.90 Å². The number of likely N-dealkylation sites (N-methyl/N-ethyl adjacent to an activating group) is 1. The zero-order chi connectivity index (χ0) is 31.0. The van der Waals surface area contributed by atoms with Crippen LogP contribution in [0.3, 0.4) is 0 Å². The second-order valence-corrected chi connectivity index (χ2v) is 13.1. The zero-order valence-corrected chi connectivity index (χ0v) is 26.9. The van der Waals surface area contributed by atoms with Crippen molar-refractivity contribution in [1.29, 1.82) is 0 Å². The van der Waals surface area contributed by atoms with Crippen molar-refractivity contribution in [3.8, 4) is 0 Å². The van der Waals surface area contributed by atoms with Crippen molar-refractivity contribution >= 4 is 43.5 Å². The van der Waals surface area contributed by atoms with Gasteiger partial charge in [-0.05, 0) is 73.9 Å². The Labute approximate surface area is 262 Å². The number of benzene rings is 4. The first-order chi connectivity index (χ1) is 20.6. The third-order valence-corrected chi connectivity index (χ3v) is 9.54. The van der Waals surface area contributed by atoms with E-state index in [1.807, 2.05) is 75.4 Å². The molecule has 0 saturated heterocycles. The molecule has 0 fully saturated rings. The van der Waals surface area contributed by atoms with Gasteiger partial charge < -0.3 is 10.2 Å². The van der Waals surface area contributed by atoms with Crippen LogP contribution >= 0.6 is 15.9 Å². The Morgan fingerprint density at radius 3 is 2.09 bits per heavy atom. The molecule has 0 heterocycles. The van der Waals surface area contributed by atoms with E-state index >= 15 is 0 Å². The van der Waals surface area contributed by atoms with Crippen LogP contribution in [0.2, 0.25) is 0 Å². The van der Waals surface area contributed by atoms with E-state index in [0.717, 1.165) is 31.0 Å². The SMILES string of the molecule is CCNC(=O)[C@@H](Cc1ccccc1)N(Cc1ccccc1C)C(=O)CN(c1ccc(Br)cc1)S(=O)(=O)c1ccc(C)cc1. The van der Waals surface area contributed by atoms with Gasteiger partial charge in [0, 0.05) is 24.0 Å². The molecule has 4 aromatic carbocycles. The van der Waals surface area contributed by atoms with Crippen LogP contribution in [0.25, 0.3) is 0 Å². The van der Waals surface area contributed by atoms with E-state index in [-0.39, 0.29) is 23.8 Å². The molecule has 224 valence electrons. The highest BCUT2D eigenvalue weighted by Gasteiger charge is 2.34. The number of amides is 2. The van der Waals surface area contributed by atoms with Crippen molar-refractivity contribution in [2.45, 2.75) is 44.7 Å². The average molecular weight is 663 g/mol. The zero-order valence-electron chi connectivity index (χ0n) is 24.5. The van der Waals surface area contributed by atoms with Gasteiger partial charge in [-0.2, -0.15) is 0 Å². The standard InChI is InChI=1S/C34H36BrN3O4S/c1-4-36-34(40)32(22-27-11-6-5-7-12-27)37(23-28-13-9-8-10-26(28)3)33(39)24-38(30-18-16-29(35)17-19-30)43(41,42)31-20-14-25(2)15-21-31/h5-21,32H,4,22-24H2,1-3H3,(H,36,40)/t32-/m1/s1. The smallest absolute Gasteiger partial charge is 0.264 e. The van der Waals surface area contributed by atoms with Crippen molar-refractivity contribution in [2.24, 2.45) is 0 Å². The van der Waals surface area contributed by atoms with E-state index in [9.17, 15) is 18.0 Å². The summed E-state index contributed by atoms with van der Waals surface area (Å²) in [5, 5.41) is 2.88. The number of carbonyl (C=O) groups is 2. The van der Waals surface area contributed by atoms with Gasteiger partial charge in [0.15, 0.2) is 0 Å². The third kappa shape index (κ3) is 8.12. The molecular formula is C34H36BrN3O4S. The summed E-state index contributed by atoms with van der Waals surface area (Å²) in [7, 11) is -4.14. The molecular weight excluding hydrogens is 626 g/mol. The number of anilines is 1. The number of hydrogen-bond donors (Lipinski definition) is 1. The van der Waals surface area contributed by atoms with E-state index < -0.39 is 28.5 Å². The lowest BCUT2D eigenvalue weighted by molar-refractivity contribution is -0.140. The molecule has 0 aliphatic carbocycles. The van der Waals surface area contributed by atoms with Gasteiger partial charge >= 0.3 is 0 Å². The number of hydrogen-bond acceptors (Lipinski definition) is 4. The molecule has 9 heteroatoms. The van der Waals surface area contributed by atoms with Crippen LogP contribution in [0.5, 0.6) is 0 Å². The molecule has 0 unspecified atom stereocenters. The van der Waals surface area contributed by atoms with Crippen LogP contribution in [0.15, 0.2) is 112 Å². The Balaban J connectivity index is 1.80. The summed E-state index contributed by atoms with van der Waals surface area (Å²) in [6.07, 6.45) is 0.271. The lowest BCUT2D eigenvalue weighted by Gasteiger charge is -2.34. The largest absolute Gasteiger partial charge is 0.355 e. The normalized spacial score (nSPS) is 11.9. The highest BCUT2D eigenvalue weighted by Crippen LogP contribution is 2.27. The number of nitrogens with zero attached hydrogens (tertiary/aromatic N) is 2. The molecule has 0 aliphatic rings. The highest BCUT2D eigenvalue weighted by atomic mass is 79.9. The first-order valence-electron chi connectivity index (χ1n) is 14.1. The Bertz CT molecular complexity index is 1640. The first kappa shape index (κ1) is 32.0. The summed E-state index contributed by atoms with van der Waals surface area (Å²) in [6, 6.07) is 29.6. The molecule has 0 radical (unpaired) electrons. The lowest BCUT2D eigenvalue weighted by Crippen LogP contribution is -2.53. The third-order valence-electron chi connectivity index (χ3n) is 7.23. The van der Waals surface area contributed by atoms with Crippen LogP contribution in [-0.2, 0) is 32.6 Å². The predicted octanol–water partition coefficient (Wildman–Crippen LogP) is 6.04. The molecule has 4 rings (SSSR count). The number of rotatable bonds is 12. The van der Waals surface area contributed by atoms with Crippen molar-refractivity contribution in [3.05, 3.63) is 130 Å². The van der Waals surface area contributed by atoms with Gasteiger partial charge in [0.05, 0.1) is 10.6 Å². The fraction of sp³-hybridized carbons (Fsp3) is 0.235. The number of carbonyl (C=O) groups excluding carboxylic acids is 2. The van der Waals surface area contributed by atoms with E-state index in [4.69, 9.17) is 0 Å². The Morgan fingerprint density at radius 2 is 1.47 bits per heavy atom. The minimum Gasteiger partial charge on any atom is -0.355 e. The number of aryl methyl sites for hydroxylation is 2. The monoisotopic (exact) mass is 661 g/mol.